The van der Waals surface area contributed by atoms with Crippen LogP contribution in [0.4, 0.5) is 4.39 Å². The monoisotopic (exact) mass is 386 g/mol. The largest absolute Gasteiger partial charge is 0.491 e. The van der Waals surface area contributed by atoms with Gasteiger partial charge in [-0.05, 0) is 55.7 Å². The van der Waals surface area contributed by atoms with Gasteiger partial charge in [0, 0.05) is 45.4 Å². The summed E-state index contributed by atoms with van der Waals surface area (Å²) >= 11 is 0. The molecule has 0 saturated carbocycles. The Morgan fingerprint density at radius 2 is 1.64 bits per heavy atom. The van der Waals surface area contributed by atoms with Crippen molar-refractivity contribution >= 4 is 0 Å². The maximum absolute atomic E-state index is 13.1. The van der Waals surface area contributed by atoms with Gasteiger partial charge in [0.05, 0.1) is 6.10 Å². The van der Waals surface area contributed by atoms with Crippen LogP contribution in [0.5, 0.6) is 5.75 Å². The number of rotatable bonds is 8. The van der Waals surface area contributed by atoms with Crippen LogP contribution >= 0.6 is 0 Å². The van der Waals surface area contributed by atoms with Crippen LogP contribution in [0, 0.1) is 5.82 Å². The molecule has 1 N–H and O–H groups in total. The molecule has 1 saturated heterocycles. The standard InChI is InChI=1S/C23H31FN2O2/c1-18(2)28-23-9-5-19(6-10-23)15-25-12-13-26(22(17-25)11-14-27)16-20-3-7-21(24)8-4-20/h3-10,18,22,27H,11-17H2,1-2H3. The van der Waals surface area contributed by atoms with Crippen molar-refractivity contribution in [2.24, 2.45) is 0 Å². The first-order chi connectivity index (χ1) is 13.5. The van der Waals surface area contributed by atoms with Gasteiger partial charge in [-0.15, -0.1) is 0 Å². The van der Waals surface area contributed by atoms with E-state index in [4.69, 9.17) is 4.74 Å². The number of aliphatic hydroxyl groups is 1. The van der Waals surface area contributed by atoms with Crippen LogP contribution in [-0.4, -0.2) is 53.3 Å². The predicted molar refractivity (Wildman–Crippen MR) is 110 cm³/mol. The van der Waals surface area contributed by atoms with Gasteiger partial charge >= 0.3 is 0 Å². The molecular weight excluding hydrogens is 355 g/mol. The Balaban J connectivity index is 1.57. The summed E-state index contributed by atoms with van der Waals surface area (Å²) in [6, 6.07) is 15.3. The Hall–Kier alpha value is -1.95. The lowest BCUT2D eigenvalue weighted by atomic mass is 10.1. The Labute approximate surface area is 167 Å². The van der Waals surface area contributed by atoms with E-state index in [0.717, 1.165) is 50.5 Å². The molecule has 1 aliphatic heterocycles. The Bertz CT molecular complexity index is 718. The van der Waals surface area contributed by atoms with Gasteiger partial charge in [-0.25, -0.2) is 4.39 Å². The second kappa shape index (κ2) is 10.0. The first-order valence-corrected chi connectivity index (χ1v) is 10.1. The number of ether oxygens (including phenoxy) is 1. The molecule has 3 rings (SSSR count). The van der Waals surface area contributed by atoms with Gasteiger partial charge in [0.15, 0.2) is 0 Å². The molecule has 28 heavy (non-hydrogen) atoms. The summed E-state index contributed by atoms with van der Waals surface area (Å²) in [6.07, 6.45) is 0.929. The highest BCUT2D eigenvalue weighted by Gasteiger charge is 2.26. The van der Waals surface area contributed by atoms with Crippen molar-refractivity contribution in [2.75, 3.05) is 26.2 Å². The van der Waals surface area contributed by atoms with E-state index in [1.54, 1.807) is 0 Å². The third kappa shape index (κ3) is 6.03. The van der Waals surface area contributed by atoms with E-state index in [0.29, 0.717) is 6.04 Å². The quantitative estimate of drug-likeness (QED) is 0.751. The van der Waals surface area contributed by atoms with Crippen LogP contribution < -0.4 is 4.74 Å². The van der Waals surface area contributed by atoms with Crippen LogP contribution in [0.1, 0.15) is 31.4 Å². The third-order valence-electron chi connectivity index (χ3n) is 5.15. The van der Waals surface area contributed by atoms with E-state index in [1.165, 1.54) is 17.7 Å². The van der Waals surface area contributed by atoms with Crippen molar-refractivity contribution in [2.45, 2.75) is 45.5 Å². The van der Waals surface area contributed by atoms with Crippen LogP contribution in [0.25, 0.3) is 0 Å². The molecule has 0 aliphatic carbocycles. The van der Waals surface area contributed by atoms with Crippen LogP contribution in [0.3, 0.4) is 0 Å². The molecule has 2 aromatic carbocycles. The third-order valence-corrected chi connectivity index (χ3v) is 5.15. The van der Waals surface area contributed by atoms with E-state index in [1.807, 2.05) is 38.1 Å². The number of halogens is 1. The van der Waals surface area contributed by atoms with E-state index < -0.39 is 0 Å². The van der Waals surface area contributed by atoms with Crippen molar-refractivity contribution in [3.63, 3.8) is 0 Å². The molecule has 0 radical (unpaired) electrons. The topological polar surface area (TPSA) is 35.9 Å². The molecule has 0 amide bonds. The molecule has 0 aromatic heterocycles. The lowest BCUT2D eigenvalue weighted by Gasteiger charge is -2.41. The summed E-state index contributed by atoms with van der Waals surface area (Å²) in [6.45, 7) is 8.77. The van der Waals surface area contributed by atoms with Gasteiger partial charge in [-0.2, -0.15) is 0 Å². The summed E-state index contributed by atoms with van der Waals surface area (Å²) in [5.74, 6) is 0.700. The fourth-order valence-corrected chi connectivity index (χ4v) is 3.76. The zero-order chi connectivity index (χ0) is 19.9. The molecule has 1 fully saturated rings. The maximum Gasteiger partial charge on any atom is 0.123 e. The van der Waals surface area contributed by atoms with Crippen molar-refractivity contribution in [1.29, 1.82) is 0 Å². The summed E-state index contributed by atoms with van der Waals surface area (Å²) in [5, 5.41) is 9.51. The van der Waals surface area contributed by atoms with Gasteiger partial charge in [-0.3, -0.25) is 9.80 Å². The lowest BCUT2D eigenvalue weighted by molar-refractivity contribution is 0.0499. The molecule has 4 nitrogen and oxygen atoms in total. The molecule has 2 aromatic rings. The second-order valence-electron chi connectivity index (χ2n) is 7.81. The van der Waals surface area contributed by atoms with Gasteiger partial charge in [0.25, 0.3) is 0 Å². The molecule has 5 heteroatoms. The van der Waals surface area contributed by atoms with Crippen molar-refractivity contribution < 1.29 is 14.2 Å². The van der Waals surface area contributed by atoms with Crippen LogP contribution in [-0.2, 0) is 13.1 Å². The average molecular weight is 387 g/mol. The first kappa shape index (κ1) is 20.8. The Kier molecular flexibility index (Phi) is 7.43. The highest BCUT2D eigenvalue weighted by atomic mass is 19.1. The van der Waals surface area contributed by atoms with Crippen molar-refractivity contribution in [1.82, 2.24) is 9.80 Å². The number of nitrogens with zero attached hydrogens (tertiary/aromatic N) is 2. The van der Waals surface area contributed by atoms with E-state index in [-0.39, 0.29) is 18.5 Å². The first-order valence-electron chi connectivity index (χ1n) is 10.1. The normalized spacial score (nSPS) is 18.5. The highest BCUT2D eigenvalue weighted by Crippen LogP contribution is 2.20. The van der Waals surface area contributed by atoms with Gasteiger partial charge < -0.3 is 9.84 Å². The van der Waals surface area contributed by atoms with Gasteiger partial charge in [0.1, 0.15) is 11.6 Å². The molecule has 1 heterocycles. The molecule has 0 bridgehead atoms. The number of hydrogen-bond donors (Lipinski definition) is 1. The zero-order valence-corrected chi connectivity index (χ0v) is 16.9. The summed E-state index contributed by atoms with van der Waals surface area (Å²) in [4.78, 5) is 4.85. The minimum atomic E-state index is -0.203. The van der Waals surface area contributed by atoms with Crippen molar-refractivity contribution in [3.8, 4) is 5.75 Å². The molecule has 1 atom stereocenters. The number of benzene rings is 2. The van der Waals surface area contributed by atoms with E-state index >= 15 is 0 Å². The number of hydrogen-bond acceptors (Lipinski definition) is 4. The summed E-state index contributed by atoms with van der Waals surface area (Å²) in [7, 11) is 0. The molecule has 1 aliphatic rings. The maximum atomic E-state index is 13.1. The predicted octanol–water partition coefficient (Wildman–Crippen LogP) is 3.68. The summed E-state index contributed by atoms with van der Waals surface area (Å²) in [5.41, 5.74) is 2.38. The van der Waals surface area contributed by atoms with E-state index in [9.17, 15) is 9.50 Å². The minimum Gasteiger partial charge on any atom is -0.491 e. The Morgan fingerprint density at radius 1 is 1.00 bits per heavy atom. The fraction of sp³-hybridized carbons (Fsp3) is 0.478. The average Bonchev–Trinajstić information content (AvgIpc) is 2.67. The molecule has 0 spiro atoms. The van der Waals surface area contributed by atoms with Crippen LogP contribution in [0.2, 0.25) is 0 Å². The summed E-state index contributed by atoms with van der Waals surface area (Å²) < 4.78 is 18.9. The lowest BCUT2D eigenvalue weighted by Crippen LogP contribution is -2.52. The van der Waals surface area contributed by atoms with E-state index in [2.05, 4.69) is 21.9 Å². The Morgan fingerprint density at radius 3 is 2.29 bits per heavy atom. The second-order valence-corrected chi connectivity index (χ2v) is 7.81. The fourth-order valence-electron chi connectivity index (χ4n) is 3.76. The zero-order valence-electron chi connectivity index (χ0n) is 16.9. The molecule has 152 valence electrons. The van der Waals surface area contributed by atoms with Crippen molar-refractivity contribution in [3.05, 3.63) is 65.5 Å². The highest BCUT2D eigenvalue weighted by molar-refractivity contribution is 5.27. The number of piperazine rings is 1. The van der Waals surface area contributed by atoms with Gasteiger partial charge in [-0.1, -0.05) is 24.3 Å². The SMILES string of the molecule is CC(C)Oc1ccc(CN2CCN(Cc3ccc(F)cc3)C(CCO)C2)cc1. The van der Waals surface area contributed by atoms with Crippen LogP contribution in [0.15, 0.2) is 48.5 Å². The number of aliphatic hydroxyl groups excluding tert-OH is 1. The molecule has 1 unspecified atom stereocenters. The molecular formula is C23H31FN2O2. The minimum absolute atomic E-state index is 0.180. The van der Waals surface area contributed by atoms with Gasteiger partial charge in [0.2, 0.25) is 0 Å². The smallest absolute Gasteiger partial charge is 0.123 e.